The topological polar surface area (TPSA) is 73.1 Å². The molecule has 1 aromatic heterocycles. The number of rotatable bonds is 5. The van der Waals surface area contributed by atoms with Crippen LogP contribution in [0.3, 0.4) is 0 Å². The third-order valence-electron chi connectivity index (χ3n) is 2.50. The number of anilines is 1. The van der Waals surface area contributed by atoms with Crippen molar-refractivity contribution in [3.05, 3.63) is 16.8 Å². The van der Waals surface area contributed by atoms with Crippen molar-refractivity contribution in [2.75, 3.05) is 19.0 Å². The maximum absolute atomic E-state index is 5.73. The van der Waals surface area contributed by atoms with Gasteiger partial charge in [0, 0.05) is 13.2 Å². The van der Waals surface area contributed by atoms with E-state index in [1.165, 1.54) is 0 Å². The van der Waals surface area contributed by atoms with Crippen LogP contribution in [0.15, 0.2) is 0 Å². The fraction of sp³-hybridized carbons (Fsp3) is 0.545. The van der Waals surface area contributed by atoms with Crippen molar-refractivity contribution < 1.29 is 4.74 Å². The quantitative estimate of drug-likeness (QED) is 0.769. The maximum Gasteiger partial charge on any atom is 0.159 e. The number of nitrogens with two attached hydrogens (primary N) is 1. The SMILES string of the molecule is COCC(C)Nc1nnc(C)c(C)c1C(N)=S. The Hall–Kier alpha value is -1.27. The third kappa shape index (κ3) is 3.34. The number of aryl methyl sites for hydroxylation is 1. The largest absolute Gasteiger partial charge is 0.389 e. The van der Waals surface area contributed by atoms with Gasteiger partial charge < -0.3 is 15.8 Å². The van der Waals surface area contributed by atoms with Crippen LogP contribution < -0.4 is 11.1 Å². The molecule has 1 heterocycles. The van der Waals surface area contributed by atoms with Crippen LogP contribution >= 0.6 is 12.2 Å². The van der Waals surface area contributed by atoms with Crippen molar-refractivity contribution in [3.8, 4) is 0 Å². The van der Waals surface area contributed by atoms with Crippen LogP contribution in [-0.4, -0.2) is 34.9 Å². The van der Waals surface area contributed by atoms with Crippen molar-refractivity contribution in [2.45, 2.75) is 26.8 Å². The average Bonchev–Trinajstić information content (AvgIpc) is 2.23. The highest BCUT2D eigenvalue weighted by molar-refractivity contribution is 7.80. The molecule has 1 aromatic rings. The Morgan fingerprint density at radius 3 is 2.65 bits per heavy atom. The fourth-order valence-corrected chi connectivity index (χ4v) is 1.79. The molecule has 1 atom stereocenters. The van der Waals surface area contributed by atoms with Crippen LogP contribution in [0.1, 0.15) is 23.7 Å². The lowest BCUT2D eigenvalue weighted by atomic mass is 10.1. The van der Waals surface area contributed by atoms with Gasteiger partial charge in [0.25, 0.3) is 0 Å². The summed E-state index contributed by atoms with van der Waals surface area (Å²) in [6, 6.07) is 0.115. The predicted octanol–water partition coefficient (Wildman–Crippen LogP) is 1.17. The summed E-state index contributed by atoms with van der Waals surface area (Å²) in [4.78, 5) is 0.326. The van der Waals surface area contributed by atoms with Crippen LogP contribution in [0, 0.1) is 13.8 Å². The van der Waals surface area contributed by atoms with Crippen LogP contribution in [0.4, 0.5) is 5.82 Å². The summed E-state index contributed by atoms with van der Waals surface area (Å²) in [5.74, 6) is 0.616. The lowest BCUT2D eigenvalue weighted by Gasteiger charge is -2.17. The highest BCUT2D eigenvalue weighted by atomic mass is 32.1. The molecule has 0 saturated heterocycles. The summed E-state index contributed by atoms with van der Waals surface area (Å²) in [5.41, 5.74) is 8.28. The van der Waals surface area contributed by atoms with Gasteiger partial charge in [0.1, 0.15) is 4.99 Å². The Bertz CT molecular complexity index is 422. The van der Waals surface area contributed by atoms with Gasteiger partial charge in [0.05, 0.1) is 17.9 Å². The average molecular weight is 254 g/mol. The highest BCUT2D eigenvalue weighted by Gasteiger charge is 2.15. The first-order chi connectivity index (χ1) is 7.97. The molecule has 6 heteroatoms. The molecule has 0 radical (unpaired) electrons. The van der Waals surface area contributed by atoms with Crippen molar-refractivity contribution in [2.24, 2.45) is 5.73 Å². The van der Waals surface area contributed by atoms with Gasteiger partial charge in [-0.3, -0.25) is 0 Å². The maximum atomic E-state index is 5.73. The van der Waals surface area contributed by atoms with Crippen LogP contribution in [0.2, 0.25) is 0 Å². The number of thiocarbonyl (C=S) groups is 1. The summed E-state index contributed by atoms with van der Waals surface area (Å²) >= 11 is 5.05. The molecule has 17 heavy (non-hydrogen) atoms. The Morgan fingerprint density at radius 2 is 2.12 bits per heavy atom. The van der Waals surface area contributed by atoms with Gasteiger partial charge in [0.2, 0.25) is 0 Å². The first-order valence-electron chi connectivity index (χ1n) is 5.36. The van der Waals surface area contributed by atoms with Gasteiger partial charge >= 0.3 is 0 Å². The van der Waals surface area contributed by atoms with Crippen molar-refractivity contribution in [1.29, 1.82) is 0 Å². The van der Waals surface area contributed by atoms with Crippen LogP contribution in [0.25, 0.3) is 0 Å². The monoisotopic (exact) mass is 254 g/mol. The first-order valence-corrected chi connectivity index (χ1v) is 5.77. The van der Waals surface area contributed by atoms with E-state index in [2.05, 4.69) is 15.5 Å². The van der Waals surface area contributed by atoms with Gasteiger partial charge in [-0.05, 0) is 26.3 Å². The highest BCUT2D eigenvalue weighted by Crippen LogP contribution is 2.18. The lowest BCUT2D eigenvalue weighted by Crippen LogP contribution is -2.25. The molecule has 1 rings (SSSR count). The Balaban J connectivity index is 3.07. The van der Waals surface area contributed by atoms with Crippen LogP contribution in [-0.2, 0) is 4.74 Å². The van der Waals surface area contributed by atoms with Gasteiger partial charge in [0.15, 0.2) is 5.82 Å². The zero-order valence-corrected chi connectivity index (χ0v) is 11.4. The van der Waals surface area contributed by atoms with E-state index in [1.54, 1.807) is 7.11 Å². The van der Waals surface area contributed by atoms with Gasteiger partial charge in [-0.15, -0.1) is 5.10 Å². The second-order valence-electron chi connectivity index (χ2n) is 4.00. The van der Waals surface area contributed by atoms with E-state index in [9.17, 15) is 0 Å². The summed E-state index contributed by atoms with van der Waals surface area (Å²) < 4.78 is 5.06. The Kier molecular flexibility index (Phi) is 4.77. The number of nitrogens with zero attached hydrogens (tertiary/aromatic N) is 2. The van der Waals surface area contributed by atoms with E-state index in [0.717, 1.165) is 16.8 Å². The van der Waals surface area contributed by atoms with Gasteiger partial charge in [-0.2, -0.15) is 5.10 Å². The molecular formula is C11H18N4OS. The van der Waals surface area contributed by atoms with Crippen molar-refractivity contribution >= 4 is 23.0 Å². The van der Waals surface area contributed by atoms with E-state index in [4.69, 9.17) is 22.7 Å². The number of hydrogen-bond acceptors (Lipinski definition) is 5. The zero-order valence-electron chi connectivity index (χ0n) is 10.6. The van der Waals surface area contributed by atoms with E-state index < -0.39 is 0 Å². The van der Waals surface area contributed by atoms with Crippen LogP contribution in [0.5, 0.6) is 0 Å². The molecule has 0 spiro atoms. The van der Waals surface area contributed by atoms with Crippen molar-refractivity contribution in [3.63, 3.8) is 0 Å². The molecule has 5 nitrogen and oxygen atoms in total. The van der Waals surface area contributed by atoms with E-state index >= 15 is 0 Å². The molecule has 0 aromatic carbocycles. The minimum Gasteiger partial charge on any atom is -0.389 e. The van der Waals surface area contributed by atoms with E-state index in [0.29, 0.717) is 17.4 Å². The molecule has 0 saturated carbocycles. The number of aromatic nitrogens is 2. The second kappa shape index (κ2) is 5.88. The first kappa shape index (κ1) is 13.8. The molecule has 94 valence electrons. The molecule has 0 fully saturated rings. The molecule has 0 amide bonds. The fourth-order valence-electron chi connectivity index (χ4n) is 1.54. The molecular weight excluding hydrogens is 236 g/mol. The smallest absolute Gasteiger partial charge is 0.159 e. The normalized spacial score (nSPS) is 12.2. The van der Waals surface area contributed by atoms with Crippen molar-refractivity contribution in [1.82, 2.24) is 10.2 Å². The molecule has 3 N–H and O–H groups in total. The Labute approximate surface area is 107 Å². The number of nitrogens with one attached hydrogen (secondary N) is 1. The van der Waals surface area contributed by atoms with E-state index in [-0.39, 0.29) is 6.04 Å². The standard InChI is InChI=1S/C11H18N4OS/c1-6(5-16-4)13-11-9(10(12)17)7(2)8(3)14-15-11/h6H,5H2,1-4H3,(H2,12,17)(H,13,15). The number of ether oxygens (including phenoxy) is 1. The second-order valence-corrected chi connectivity index (χ2v) is 4.44. The summed E-state index contributed by atoms with van der Waals surface area (Å²) in [7, 11) is 1.65. The minimum absolute atomic E-state index is 0.115. The molecule has 0 aliphatic carbocycles. The number of hydrogen-bond donors (Lipinski definition) is 2. The molecule has 0 aliphatic rings. The van der Waals surface area contributed by atoms with Gasteiger partial charge in [-0.25, -0.2) is 0 Å². The summed E-state index contributed by atoms with van der Waals surface area (Å²) in [6.45, 7) is 6.38. The molecule has 1 unspecified atom stereocenters. The number of methoxy groups -OCH3 is 1. The Morgan fingerprint density at radius 1 is 1.47 bits per heavy atom. The summed E-state index contributed by atoms with van der Waals surface area (Å²) in [5, 5.41) is 11.4. The zero-order chi connectivity index (χ0) is 13.0. The minimum atomic E-state index is 0.115. The van der Waals surface area contributed by atoms with E-state index in [1.807, 2.05) is 20.8 Å². The summed E-state index contributed by atoms with van der Waals surface area (Å²) in [6.07, 6.45) is 0. The molecule has 0 bridgehead atoms. The predicted molar refractivity (Wildman–Crippen MR) is 72.4 cm³/mol. The molecule has 0 aliphatic heterocycles. The van der Waals surface area contributed by atoms with Gasteiger partial charge in [-0.1, -0.05) is 12.2 Å². The third-order valence-corrected chi connectivity index (χ3v) is 2.70. The lowest BCUT2D eigenvalue weighted by molar-refractivity contribution is 0.190.